The summed E-state index contributed by atoms with van der Waals surface area (Å²) >= 11 is 5.26. The van der Waals surface area contributed by atoms with E-state index in [1.165, 1.54) is 6.92 Å². The molecule has 0 aromatic heterocycles. The molecule has 0 unspecified atom stereocenters. The highest BCUT2D eigenvalue weighted by Crippen LogP contribution is 2.32. The third-order valence-corrected chi connectivity index (χ3v) is 3.89. The van der Waals surface area contributed by atoms with Crippen LogP contribution in [-0.2, 0) is 0 Å². The molecule has 1 aromatic rings. The predicted molar refractivity (Wildman–Crippen MR) is 58.5 cm³/mol. The van der Waals surface area contributed by atoms with Crippen LogP contribution in [-0.4, -0.2) is 10.9 Å². The fourth-order valence-electron chi connectivity index (χ4n) is 0.824. The molecule has 0 radical (unpaired) electrons. The zero-order valence-electron chi connectivity index (χ0n) is 6.27. The SMILES string of the molecule is CC(=O)c1ccc(I)c(Br)c1O. The van der Waals surface area contributed by atoms with Crippen LogP contribution >= 0.6 is 38.5 Å². The lowest BCUT2D eigenvalue weighted by molar-refractivity contribution is 0.101. The van der Waals surface area contributed by atoms with E-state index in [9.17, 15) is 9.90 Å². The largest absolute Gasteiger partial charge is 0.506 e. The summed E-state index contributed by atoms with van der Waals surface area (Å²) in [5, 5.41) is 9.48. The molecule has 64 valence electrons. The molecule has 1 aromatic carbocycles. The second-order valence-electron chi connectivity index (χ2n) is 2.31. The number of hydrogen-bond donors (Lipinski definition) is 1. The Bertz CT molecular complexity index is 336. The van der Waals surface area contributed by atoms with Gasteiger partial charge in [-0.15, -0.1) is 0 Å². The first-order chi connectivity index (χ1) is 5.54. The molecule has 0 bridgehead atoms. The second kappa shape index (κ2) is 3.74. The number of halogens is 2. The van der Waals surface area contributed by atoms with Gasteiger partial charge in [0.15, 0.2) is 5.78 Å². The van der Waals surface area contributed by atoms with E-state index in [-0.39, 0.29) is 11.5 Å². The highest BCUT2D eigenvalue weighted by Gasteiger charge is 2.11. The van der Waals surface area contributed by atoms with Crippen LogP contribution in [0.15, 0.2) is 16.6 Å². The van der Waals surface area contributed by atoms with Crippen molar-refractivity contribution in [3.05, 3.63) is 25.7 Å². The molecule has 0 fully saturated rings. The highest BCUT2D eigenvalue weighted by atomic mass is 127. The maximum atomic E-state index is 10.9. The Morgan fingerprint density at radius 3 is 2.67 bits per heavy atom. The molecule has 0 heterocycles. The van der Waals surface area contributed by atoms with E-state index in [2.05, 4.69) is 38.5 Å². The molecule has 0 spiro atoms. The van der Waals surface area contributed by atoms with Gasteiger partial charge in [0.1, 0.15) is 5.75 Å². The third kappa shape index (κ3) is 1.80. The first-order valence-electron chi connectivity index (χ1n) is 3.22. The lowest BCUT2D eigenvalue weighted by atomic mass is 10.1. The minimum atomic E-state index is -0.135. The summed E-state index contributed by atoms with van der Waals surface area (Å²) < 4.78 is 1.46. The average Bonchev–Trinajstić information content (AvgIpc) is 2.00. The number of benzene rings is 1. The van der Waals surface area contributed by atoms with E-state index in [4.69, 9.17) is 0 Å². The molecular weight excluding hydrogens is 335 g/mol. The maximum absolute atomic E-state index is 10.9. The van der Waals surface area contributed by atoms with Crippen molar-refractivity contribution in [1.29, 1.82) is 0 Å². The van der Waals surface area contributed by atoms with Crippen molar-refractivity contribution in [2.24, 2.45) is 0 Å². The predicted octanol–water partition coefficient (Wildman–Crippen LogP) is 2.96. The minimum absolute atomic E-state index is 0.0226. The molecule has 0 aliphatic heterocycles. The lowest BCUT2D eigenvalue weighted by Gasteiger charge is -2.03. The second-order valence-corrected chi connectivity index (χ2v) is 4.27. The number of carbonyl (C=O) groups excluding carboxylic acids is 1. The van der Waals surface area contributed by atoms with Gasteiger partial charge < -0.3 is 5.11 Å². The summed E-state index contributed by atoms with van der Waals surface area (Å²) in [6.45, 7) is 1.42. The van der Waals surface area contributed by atoms with E-state index in [1.807, 2.05) is 0 Å². The number of hydrogen-bond acceptors (Lipinski definition) is 2. The van der Waals surface area contributed by atoms with Crippen molar-refractivity contribution in [2.45, 2.75) is 6.92 Å². The van der Waals surface area contributed by atoms with Gasteiger partial charge in [-0.05, 0) is 57.6 Å². The third-order valence-electron chi connectivity index (χ3n) is 1.45. The van der Waals surface area contributed by atoms with Crippen molar-refractivity contribution >= 4 is 44.3 Å². The van der Waals surface area contributed by atoms with Crippen molar-refractivity contribution < 1.29 is 9.90 Å². The number of phenolic OH excluding ortho intramolecular Hbond substituents is 1. The van der Waals surface area contributed by atoms with Crippen molar-refractivity contribution in [2.75, 3.05) is 0 Å². The average molecular weight is 341 g/mol. The van der Waals surface area contributed by atoms with Gasteiger partial charge in [0.05, 0.1) is 10.0 Å². The molecule has 2 nitrogen and oxygen atoms in total. The van der Waals surface area contributed by atoms with Crippen LogP contribution in [0.4, 0.5) is 0 Å². The van der Waals surface area contributed by atoms with Crippen molar-refractivity contribution in [1.82, 2.24) is 0 Å². The number of rotatable bonds is 1. The lowest BCUT2D eigenvalue weighted by Crippen LogP contribution is -1.93. The van der Waals surface area contributed by atoms with E-state index < -0.39 is 0 Å². The molecule has 1 N–H and O–H groups in total. The van der Waals surface area contributed by atoms with Gasteiger partial charge in [-0.3, -0.25) is 4.79 Å². The fourth-order valence-corrected chi connectivity index (χ4v) is 1.61. The molecule has 4 heteroatoms. The van der Waals surface area contributed by atoms with Crippen molar-refractivity contribution in [3.8, 4) is 5.75 Å². The molecule has 1 rings (SSSR count). The van der Waals surface area contributed by atoms with Crippen molar-refractivity contribution in [3.63, 3.8) is 0 Å². The summed E-state index contributed by atoms with van der Waals surface area (Å²) in [7, 11) is 0. The van der Waals surface area contributed by atoms with Crippen LogP contribution < -0.4 is 0 Å². The normalized spacial score (nSPS) is 9.92. The van der Waals surface area contributed by atoms with Crippen LogP contribution in [0.5, 0.6) is 5.75 Å². The molecule has 0 amide bonds. The fraction of sp³-hybridized carbons (Fsp3) is 0.125. The smallest absolute Gasteiger partial charge is 0.163 e. The minimum Gasteiger partial charge on any atom is -0.506 e. The highest BCUT2D eigenvalue weighted by molar-refractivity contribution is 14.1. The quantitative estimate of drug-likeness (QED) is 0.630. The molecule has 0 saturated heterocycles. The van der Waals surface area contributed by atoms with Gasteiger partial charge in [0.2, 0.25) is 0 Å². The molecule has 0 atom stereocenters. The van der Waals surface area contributed by atoms with Gasteiger partial charge in [-0.25, -0.2) is 0 Å². The number of phenols is 1. The van der Waals surface area contributed by atoms with E-state index in [1.54, 1.807) is 12.1 Å². The van der Waals surface area contributed by atoms with Crippen LogP contribution in [0.1, 0.15) is 17.3 Å². The summed E-state index contributed by atoms with van der Waals surface area (Å²) in [5.74, 6) is -0.112. The monoisotopic (exact) mass is 340 g/mol. The van der Waals surface area contributed by atoms with Gasteiger partial charge >= 0.3 is 0 Å². The zero-order chi connectivity index (χ0) is 9.30. The van der Waals surface area contributed by atoms with Crippen LogP contribution in [0.2, 0.25) is 0 Å². The summed E-state index contributed by atoms with van der Waals surface area (Å²) in [6, 6.07) is 3.39. The van der Waals surface area contributed by atoms with E-state index in [0.717, 1.165) is 3.57 Å². The first-order valence-corrected chi connectivity index (χ1v) is 5.09. The first kappa shape index (κ1) is 9.98. The topological polar surface area (TPSA) is 37.3 Å². The Morgan fingerprint density at radius 1 is 1.58 bits per heavy atom. The Hall–Kier alpha value is -0.100. The Labute approximate surface area is 92.2 Å². The molecule has 0 saturated carbocycles. The summed E-state index contributed by atoms with van der Waals surface area (Å²) in [6.07, 6.45) is 0. The Balaban J connectivity index is 3.36. The van der Waals surface area contributed by atoms with Gasteiger partial charge in [-0.2, -0.15) is 0 Å². The zero-order valence-corrected chi connectivity index (χ0v) is 10.0. The van der Waals surface area contributed by atoms with Gasteiger partial charge in [0, 0.05) is 3.57 Å². The van der Waals surface area contributed by atoms with E-state index >= 15 is 0 Å². The van der Waals surface area contributed by atoms with Crippen LogP contribution in [0.3, 0.4) is 0 Å². The number of carbonyl (C=O) groups is 1. The van der Waals surface area contributed by atoms with Gasteiger partial charge in [-0.1, -0.05) is 0 Å². The summed E-state index contributed by atoms with van der Waals surface area (Å²) in [5.41, 5.74) is 0.349. The summed E-state index contributed by atoms with van der Waals surface area (Å²) in [4.78, 5) is 10.9. The standard InChI is InChI=1S/C8H6BrIO2/c1-4(11)5-2-3-6(10)7(9)8(5)12/h2-3,12H,1H3. The van der Waals surface area contributed by atoms with E-state index in [0.29, 0.717) is 10.0 Å². The molecule has 0 aliphatic rings. The number of aromatic hydroxyl groups is 1. The molecule has 0 aliphatic carbocycles. The maximum Gasteiger partial charge on any atom is 0.163 e. The Kier molecular flexibility index (Phi) is 3.11. The molecular formula is C8H6BrIO2. The van der Waals surface area contributed by atoms with Crippen LogP contribution in [0.25, 0.3) is 0 Å². The molecule has 12 heavy (non-hydrogen) atoms. The van der Waals surface area contributed by atoms with Gasteiger partial charge in [0.25, 0.3) is 0 Å². The number of Topliss-reactive ketones (excluding diaryl/α,β-unsaturated/α-hetero) is 1. The number of ketones is 1. The Morgan fingerprint density at radius 2 is 2.17 bits per heavy atom. The van der Waals surface area contributed by atoms with Crippen LogP contribution in [0, 0.1) is 3.57 Å².